The zero-order valence-corrected chi connectivity index (χ0v) is 20.6. The number of ether oxygens (including phenoxy) is 1. The number of hydrogen-bond acceptors (Lipinski definition) is 7. The largest absolute Gasteiger partial charge is 0.493 e. The van der Waals surface area contributed by atoms with Gasteiger partial charge in [-0.15, -0.1) is 0 Å². The highest BCUT2D eigenvalue weighted by Crippen LogP contribution is 2.32. The lowest BCUT2D eigenvalue weighted by Gasteiger charge is -2.30. The topological polar surface area (TPSA) is 128 Å². The van der Waals surface area contributed by atoms with E-state index in [1.165, 1.54) is 0 Å². The molecule has 1 fully saturated rings. The van der Waals surface area contributed by atoms with Gasteiger partial charge in [0.2, 0.25) is 0 Å². The Bertz CT molecular complexity index is 1220. The fourth-order valence-electron chi connectivity index (χ4n) is 4.27. The van der Waals surface area contributed by atoms with Gasteiger partial charge in [0.1, 0.15) is 11.6 Å². The molecular weight excluding hydrogens is 459 g/mol. The van der Waals surface area contributed by atoms with Crippen LogP contribution in [0.25, 0.3) is 11.1 Å². The van der Waals surface area contributed by atoms with Crippen LogP contribution in [0.4, 0.5) is 21.7 Å². The molecule has 2 aromatic heterocycles. The van der Waals surface area contributed by atoms with Crippen LogP contribution >= 0.6 is 0 Å². The summed E-state index contributed by atoms with van der Waals surface area (Å²) in [5.74, 6) is -0.151. The van der Waals surface area contributed by atoms with Crippen molar-refractivity contribution in [2.24, 2.45) is 17.4 Å². The first-order valence-corrected chi connectivity index (χ1v) is 12.3. The normalized spacial score (nSPS) is 17.6. The van der Waals surface area contributed by atoms with Gasteiger partial charge in [0.05, 0.1) is 24.1 Å². The van der Waals surface area contributed by atoms with Crippen molar-refractivity contribution in [3.8, 4) is 16.9 Å². The predicted octanol–water partition coefficient (Wildman–Crippen LogP) is 4.84. The van der Waals surface area contributed by atoms with Gasteiger partial charge in [0, 0.05) is 29.4 Å². The molecular formula is C27H33FN6O2. The fourth-order valence-corrected chi connectivity index (χ4v) is 4.27. The molecule has 2 heterocycles. The van der Waals surface area contributed by atoms with Gasteiger partial charge < -0.3 is 26.8 Å². The third-order valence-corrected chi connectivity index (χ3v) is 6.15. The van der Waals surface area contributed by atoms with E-state index in [0.29, 0.717) is 18.2 Å². The molecule has 1 aliphatic carbocycles. The molecule has 8 nitrogen and oxygen atoms in total. The van der Waals surface area contributed by atoms with Crippen molar-refractivity contribution < 1.29 is 13.9 Å². The number of carbonyl (C=O) groups excluding carboxylic acids is 1. The first-order chi connectivity index (χ1) is 17.3. The van der Waals surface area contributed by atoms with Gasteiger partial charge in [-0.25, -0.2) is 9.37 Å². The Morgan fingerprint density at radius 3 is 2.69 bits per heavy atom. The van der Waals surface area contributed by atoms with Crippen LogP contribution in [0, 0.1) is 11.7 Å². The third-order valence-electron chi connectivity index (χ3n) is 6.15. The van der Waals surface area contributed by atoms with Crippen molar-refractivity contribution in [3.63, 3.8) is 0 Å². The molecule has 0 aliphatic heterocycles. The molecule has 36 heavy (non-hydrogen) atoms. The molecule has 190 valence electrons. The second-order valence-electron chi connectivity index (χ2n) is 9.57. The van der Waals surface area contributed by atoms with E-state index in [2.05, 4.69) is 34.4 Å². The van der Waals surface area contributed by atoms with E-state index in [1.807, 2.05) is 30.3 Å². The van der Waals surface area contributed by atoms with Crippen LogP contribution in [0.3, 0.4) is 0 Å². The van der Waals surface area contributed by atoms with Crippen molar-refractivity contribution in [1.82, 2.24) is 9.97 Å². The summed E-state index contributed by atoms with van der Waals surface area (Å²) in [6.07, 6.45) is 7.09. The van der Waals surface area contributed by atoms with Gasteiger partial charge in [-0.05, 0) is 37.0 Å². The first kappa shape index (κ1) is 25.4. The van der Waals surface area contributed by atoms with Gasteiger partial charge in [-0.1, -0.05) is 44.9 Å². The number of hydrogen-bond donors (Lipinski definition) is 4. The molecule has 1 saturated carbocycles. The monoisotopic (exact) mass is 492 g/mol. The number of carbonyl (C=O) groups is 1. The van der Waals surface area contributed by atoms with E-state index in [9.17, 15) is 9.18 Å². The van der Waals surface area contributed by atoms with Crippen LogP contribution in [0.15, 0.2) is 48.8 Å². The summed E-state index contributed by atoms with van der Waals surface area (Å²) in [6.45, 7) is 4.77. The number of halogens is 1. The van der Waals surface area contributed by atoms with E-state index in [4.69, 9.17) is 16.2 Å². The Morgan fingerprint density at radius 1 is 1.17 bits per heavy atom. The Balaban J connectivity index is 1.63. The summed E-state index contributed by atoms with van der Waals surface area (Å²) < 4.78 is 20.8. The summed E-state index contributed by atoms with van der Waals surface area (Å²) in [5, 5.41) is 6.22. The molecule has 2 atom stereocenters. The SMILES string of the molecule is CC(C)COc1ccccc1-c1cncc(Nc2nc(N[C@@H]3CCCC[C@@H]3N)c(F)cc2C(N)=O)c1. The quantitative estimate of drug-likeness (QED) is 0.336. The van der Waals surface area contributed by atoms with E-state index in [-0.39, 0.29) is 29.3 Å². The highest BCUT2D eigenvalue weighted by Gasteiger charge is 2.24. The Morgan fingerprint density at radius 2 is 1.94 bits per heavy atom. The lowest BCUT2D eigenvalue weighted by Crippen LogP contribution is -2.43. The number of nitrogens with one attached hydrogen (secondary N) is 2. The van der Waals surface area contributed by atoms with Crippen molar-refractivity contribution in [1.29, 1.82) is 0 Å². The number of para-hydroxylation sites is 1. The molecule has 4 rings (SSSR count). The highest BCUT2D eigenvalue weighted by atomic mass is 19.1. The number of benzene rings is 1. The van der Waals surface area contributed by atoms with Crippen molar-refractivity contribution in [2.45, 2.75) is 51.6 Å². The minimum Gasteiger partial charge on any atom is -0.493 e. The molecule has 0 radical (unpaired) electrons. The van der Waals surface area contributed by atoms with Gasteiger partial charge >= 0.3 is 0 Å². The predicted molar refractivity (Wildman–Crippen MR) is 140 cm³/mol. The summed E-state index contributed by atoms with van der Waals surface area (Å²) in [5.41, 5.74) is 13.9. The van der Waals surface area contributed by atoms with Crippen LogP contribution in [0.1, 0.15) is 49.9 Å². The number of pyridine rings is 2. The lowest BCUT2D eigenvalue weighted by atomic mass is 9.91. The Kier molecular flexibility index (Phi) is 8.00. The molecule has 6 N–H and O–H groups in total. The summed E-state index contributed by atoms with van der Waals surface area (Å²) in [6, 6.07) is 10.5. The number of nitrogens with zero attached hydrogens (tertiary/aromatic N) is 2. The number of aromatic nitrogens is 2. The molecule has 0 saturated heterocycles. The summed E-state index contributed by atoms with van der Waals surface area (Å²) >= 11 is 0. The summed E-state index contributed by atoms with van der Waals surface area (Å²) in [4.78, 5) is 20.8. The van der Waals surface area contributed by atoms with E-state index < -0.39 is 11.7 Å². The van der Waals surface area contributed by atoms with Crippen LogP contribution in [0.5, 0.6) is 5.75 Å². The molecule has 1 amide bonds. The average Bonchev–Trinajstić information content (AvgIpc) is 2.86. The van der Waals surface area contributed by atoms with Gasteiger partial charge in [0.25, 0.3) is 5.91 Å². The third kappa shape index (κ3) is 6.09. The lowest BCUT2D eigenvalue weighted by molar-refractivity contribution is 0.100. The van der Waals surface area contributed by atoms with Crippen LogP contribution in [0.2, 0.25) is 0 Å². The second-order valence-corrected chi connectivity index (χ2v) is 9.57. The maximum absolute atomic E-state index is 14.8. The van der Waals surface area contributed by atoms with Crippen LogP contribution < -0.4 is 26.8 Å². The minimum absolute atomic E-state index is 0.0291. The standard InChI is InChI=1S/C27H33FN6O2/c1-16(2)15-36-24-10-6-3-7-19(24)17-11-18(14-31-13-17)32-26-20(25(30)35)12-21(28)27(34-26)33-23-9-5-4-8-22(23)29/h3,6-7,10-14,16,22-23H,4-5,8-9,15,29H2,1-2H3,(H2,30,35)(H2,32,33,34)/t22-,23+/m0/s1. The van der Waals surface area contributed by atoms with Crippen molar-refractivity contribution in [3.05, 3.63) is 60.2 Å². The average molecular weight is 493 g/mol. The second kappa shape index (κ2) is 11.3. The smallest absolute Gasteiger partial charge is 0.252 e. The number of primary amides is 1. The first-order valence-electron chi connectivity index (χ1n) is 12.3. The molecule has 1 aliphatic rings. The number of nitrogens with two attached hydrogens (primary N) is 2. The molecule has 1 aromatic carbocycles. The van der Waals surface area contributed by atoms with Gasteiger partial charge in [-0.2, -0.15) is 0 Å². The van der Waals surface area contributed by atoms with E-state index in [1.54, 1.807) is 12.4 Å². The fraction of sp³-hybridized carbons (Fsp3) is 0.370. The van der Waals surface area contributed by atoms with E-state index >= 15 is 0 Å². The Hall–Kier alpha value is -3.72. The molecule has 9 heteroatoms. The summed E-state index contributed by atoms with van der Waals surface area (Å²) in [7, 11) is 0. The van der Waals surface area contributed by atoms with Gasteiger partial charge in [-0.3, -0.25) is 9.78 Å². The highest BCUT2D eigenvalue weighted by molar-refractivity contribution is 5.98. The molecule has 0 bridgehead atoms. The maximum Gasteiger partial charge on any atom is 0.252 e. The number of rotatable bonds is 9. The zero-order chi connectivity index (χ0) is 25.7. The number of anilines is 3. The Labute approximate surface area is 210 Å². The molecule has 3 aromatic rings. The molecule has 0 spiro atoms. The molecule has 0 unspecified atom stereocenters. The van der Waals surface area contributed by atoms with Crippen molar-refractivity contribution >= 4 is 23.2 Å². The minimum atomic E-state index is -0.790. The van der Waals surface area contributed by atoms with Crippen LogP contribution in [-0.2, 0) is 0 Å². The van der Waals surface area contributed by atoms with Crippen LogP contribution in [-0.4, -0.2) is 34.6 Å². The van der Waals surface area contributed by atoms with Gasteiger partial charge in [0.15, 0.2) is 11.6 Å². The number of amides is 1. The zero-order valence-electron chi connectivity index (χ0n) is 20.6. The van der Waals surface area contributed by atoms with Crippen molar-refractivity contribution in [2.75, 3.05) is 17.2 Å². The maximum atomic E-state index is 14.8. The van der Waals surface area contributed by atoms with E-state index in [0.717, 1.165) is 48.6 Å².